The lowest BCUT2D eigenvalue weighted by Crippen LogP contribution is -2.41. The molecule has 6 heteroatoms. The van der Waals surface area contributed by atoms with Gasteiger partial charge >= 0.3 is 5.97 Å². The number of aromatic nitrogens is 1. The molecule has 2 heterocycles. The summed E-state index contributed by atoms with van der Waals surface area (Å²) in [7, 11) is -1.48. The van der Waals surface area contributed by atoms with E-state index in [0.29, 0.717) is 5.03 Å². The number of hydrogen-bond donors (Lipinski definition) is 1. The number of hydrogen-bond acceptors (Lipinski definition) is 4. The van der Waals surface area contributed by atoms with Crippen LogP contribution in [0.15, 0.2) is 89.1 Å². The largest absolute Gasteiger partial charge is 0.455 e. The molecule has 0 spiro atoms. The number of cyclic esters (lactones) is 1. The fourth-order valence-corrected chi connectivity index (χ4v) is 6.29. The maximum Gasteiger partial charge on any atom is 0.335 e. The summed E-state index contributed by atoms with van der Waals surface area (Å²) < 4.78 is 22.2. The Morgan fingerprint density at radius 2 is 1.82 bits per heavy atom. The molecule has 0 aliphatic carbocycles. The fourth-order valence-electron chi connectivity index (χ4n) is 5.51. The lowest BCUT2D eigenvalue weighted by Gasteiger charge is -2.40. The van der Waals surface area contributed by atoms with Crippen molar-refractivity contribution in [2.24, 2.45) is 0 Å². The van der Waals surface area contributed by atoms with Crippen LogP contribution >= 0.6 is 0 Å². The molecule has 1 aromatic heterocycles. The van der Waals surface area contributed by atoms with E-state index in [1.165, 1.54) is 5.56 Å². The molecule has 0 amide bonds. The van der Waals surface area contributed by atoms with Gasteiger partial charge in [-0.1, -0.05) is 74.4 Å². The zero-order chi connectivity index (χ0) is 27.1. The highest BCUT2D eigenvalue weighted by Crippen LogP contribution is 2.42. The second kappa shape index (κ2) is 12.5. The molecule has 3 atom stereocenters. The number of aryl methyl sites for hydroxylation is 2. The number of rotatable bonds is 11. The van der Waals surface area contributed by atoms with Crippen LogP contribution in [0.2, 0.25) is 0 Å². The van der Waals surface area contributed by atoms with Gasteiger partial charge in [0.15, 0.2) is 11.0 Å². The fraction of sp³-hybridized carbons (Fsp3) is 0.375. The number of ether oxygens (including phenoxy) is 1. The van der Waals surface area contributed by atoms with Crippen molar-refractivity contribution in [1.29, 1.82) is 0 Å². The molecule has 3 aromatic rings. The van der Waals surface area contributed by atoms with Gasteiger partial charge in [-0.2, -0.15) is 0 Å². The van der Waals surface area contributed by atoms with Gasteiger partial charge in [-0.3, -0.25) is 4.72 Å². The quantitative estimate of drug-likeness (QED) is 0.261. The lowest BCUT2D eigenvalue weighted by molar-refractivity contribution is -0.159. The molecule has 2 aromatic carbocycles. The average molecular weight is 531 g/mol. The van der Waals surface area contributed by atoms with Gasteiger partial charge in [0.05, 0.1) is 0 Å². The third-order valence-corrected chi connectivity index (χ3v) is 8.37. The lowest BCUT2D eigenvalue weighted by atomic mass is 9.77. The maximum atomic E-state index is 13.6. The van der Waals surface area contributed by atoms with Crippen molar-refractivity contribution in [3.63, 3.8) is 0 Å². The predicted molar refractivity (Wildman–Crippen MR) is 154 cm³/mol. The molecule has 1 N–H and O–H groups in total. The van der Waals surface area contributed by atoms with E-state index in [1.807, 2.05) is 43.3 Å². The Labute approximate surface area is 229 Å². The first-order valence-electron chi connectivity index (χ1n) is 13.5. The number of anilines is 1. The second-order valence-corrected chi connectivity index (χ2v) is 11.5. The van der Waals surface area contributed by atoms with Crippen LogP contribution in [0.5, 0.6) is 0 Å². The Morgan fingerprint density at radius 3 is 2.47 bits per heavy atom. The highest BCUT2D eigenvalue weighted by molar-refractivity contribution is 7.86. The summed E-state index contributed by atoms with van der Waals surface area (Å²) >= 11 is 0. The van der Waals surface area contributed by atoms with Gasteiger partial charge in [0.2, 0.25) is 0 Å². The van der Waals surface area contributed by atoms with Crippen molar-refractivity contribution in [3.8, 4) is 0 Å². The van der Waals surface area contributed by atoms with Crippen LogP contribution < -0.4 is 4.72 Å². The topological polar surface area (TPSA) is 68.3 Å². The zero-order valence-electron chi connectivity index (χ0n) is 22.8. The molecule has 1 aliphatic rings. The van der Waals surface area contributed by atoms with Crippen LogP contribution in [0.25, 0.3) is 0 Å². The smallest absolute Gasteiger partial charge is 0.335 e. The van der Waals surface area contributed by atoms with Crippen molar-refractivity contribution in [3.05, 3.63) is 101 Å². The maximum absolute atomic E-state index is 13.6. The number of benzene rings is 2. The molecule has 200 valence electrons. The minimum atomic E-state index is -1.48. The predicted octanol–water partition coefficient (Wildman–Crippen LogP) is 7.45. The van der Waals surface area contributed by atoms with Crippen LogP contribution in [0.3, 0.4) is 0 Å². The van der Waals surface area contributed by atoms with Gasteiger partial charge < -0.3 is 4.74 Å². The van der Waals surface area contributed by atoms with Crippen molar-refractivity contribution < 1.29 is 13.7 Å². The normalized spacial score (nSPS) is 19.1. The Bertz CT molecular complexity index is 1300. The van der Waals surface area contributed by atoms with Gasteiger partial charge in [-0.25, -0.2) is 14.0 Å². The van der Waals surface area contributed by atoms with E-state index in [0.717, 1.165) is 66.5 Å². The average Bonchev–Trinajstić information content (AvgIpc) is 2.91. The number of carbonyl (C=O) groups excluding carboxylic acids is 1. The van der Waals surface area contributed by atoms with E-state index in [9.17, 15) is 9.00 Å². The number of pyridine rings is 1. The number of nitrogens with zero attached hydrogens (tertiary/aromatic N) is 1. The van der Waals surface area contributed by atoms with Gasteiger partial charge in [0.1, 0.15) is 10.6 Å². The molecule has 4 rings (SSSR count). The monoisotopic (exact) mass is 530 g/mol. The Balaban J connectivity index is 1.55. The van der Waals surface area contributed by atoms with E-state index in [-0.39, 0.29) is 11.9 Å². The Kier molecular flexibility index (Phi) is 9.16. The van der Waals surface area contributed by atoms with Crippen LogP contribution in [0.1, 0.15) is 75.5 Å². The van der Waals surface area contributed by atoms with E-state index in [4.69, 9.17) is 4.74 Å². The van der Waals surface area contributed by atoms with Crippen molar-refractivity contribution in [1.82, 2.24) is 4.98 Å². The molecule has 0 saturated carbocycles. The minimum Gasteiger partial charge on any atom is -0.455 e. The zero-order valence-corrected chi connectivity index (χ0v) is 23.6. The van der Waals surface area contributed by atoms with Crippen LogP contribution in [-0.4, -0.2) is 20.8 Å². The SMILES string of the molecule is CCC[C@@]1(CCc2ccccc2)CC(C)=C(C(CC)c2cccc(NS(=O)c3ccc(C)cn3)c2)C(=O)O1. The third-order valence-electron chi connectivity index (χ3n) is 7.32. The standard InChI is InChI=1S/C32H38N2O3S/c1-5-18-32(19-17-25-11-8-7-9-12-25)21-24(4)30(31(35)37-32)28(6-2)26-13-10-14-27(20-26)34-38(36)29-16-15-23(3)22-33-29/h7-16,20,22,28,34H,5-6,17-19,21H2,1-4H3/t28?,32-,38?/m1/s1. The molecule has 5 nitrogen and oxygen atoms in total. The van der Waals surface area contributed by atoms with E-state index < -0.39 is 16.6 Å². The second-order valence-electron chi connectivity index (χ2n) is 10.3. The van der Waals surface area contributed by atoms with Crippen molar-refractivity contribution >= 4 is 22.6 Å². The summed E-state index contributed by atoms with van der Waals surface area (Å²) in [6.45, 7) is 8.28. The number of esters is 1. The Morgan fingerprint density at radius 1 is 1.03 bits per heavy atom. The van der Waals surface area contributed by atoms with Gasteiger partial charge in [-0.15, -0.1) is 0 Å². The van der Waals surface area contributed by atoms with Crippen LogP contribution in [-0.2, 0) is 26.9 Å². The molecule has 0 saturated heterocycles. The van der Waals surface area contributed by atoms with E-state index in [1.54, 1.807) is 12.3 Å². The highest BCUT2D eigenvalue weighted by atomic mass is 32.2. The highest BCUT2D eigenvalue weighted by Gasteiger charge is 2.41. The summed E-state index contributed by atoms with van der Waals surface area (Å²) in [5.74, 6) is -0.295. The van der Waals surface area contributed by atoms with Crippen molar-refractivity contribution in [2.75, 3.05) is 4.72 Å². The Hall–Kier alpha value is -3.25. The summed E-state index contributed by atoms with van der Waals surface area (Å²) in [6, 6.07) is 21.9. The van der Waals surface area contributed by atoms with Gasteiger partial charge in [0.25, 0.3) is 0 Å². The molecular formula is C32H38N2O3S. The summed E-state index contributed by atoms with van der Waals surface area (Å²) in [6.07, 6.45) is 6.74. The van der Waals surface area contributed by atoms with Crippen molar-refractivity contribution in [2.45, 2.75) is 82.8 Å². The number of nitrogens with one attached hydrogen (secondary N) is 1. The number of carbonyl (C=O) groups is 1. The van der Waals surface area contributed by atoms with E-state index in [2.05, 4.69) is 54.7 Å². The van der Waals surface area contributed by atoms with Gasteiger partial charge in [-0.05, 0) is 74.4 Å². The first kappa shape index (κ1) is 27.8. The molecule has 0 bridgehead atoms. The minimum absolute atomic E-state index is 0.0936. The molecule has 2 unspecified atom stereocenters. The summed E-state index contributed by atoms with van der Waals surface area (Å²) in [5, 5.41) is 0.477. The first-order valence-corrected chi connectivity index (χ1v) is 14.7. The molecular weight excluding hydrogens is 492 g/mol. The van der Waals surface area contributed by atoms with Crippen LogP contribution in [0, 0.1) is 6.92 Å². The molecule has 38 heavy (non-hydrogen) atoms. The van der Waals surface area contributed by atoms with E-state index >= 15 is 0 Å². The molecule has 0 fully saturated rings. The molecule has 1 aliphatic heterocycles. The first-order chi connectivity index (χ1) is 18.3. The van der Waals surface area contributed by atoms with Gasteiger partial charge in [0, 0.05) is 29.8 Å². The third kappa shape index (κ3) is 6.60. The molecule has 0 radical (unpaired) electrons. The van der Waals surface area contributed by atoms with Crippen LogP contribution in [0.4, 0.5) is 5.69 Å². The summed E-state index contributed by atoms with van der Waals surface area (Å²) in [4.78, 5) is 17.9. The summed E-state index contributed by atoms with van der Waals surface area (Å²) in [5.41, 5.74) is 5.43.